The Morgan fingerprint density at radius 3 is 2.79 bits per heavy atom. The molecule has 2 aromatic heterocycles. The molecule has 0 atom stereocenters. The van der Waals surface area contributed by atoms with Crippen molar-refractivity contribution in [1.82, 2.24) is 15.1 Å². The Bertz CT molecular complexity index is 715. The highest BCUT2D eigenvalue weighted by molar-refractivity contribution is 6.31. The number of hydrogen-bond donors (Lipinski definition) is 0. The molecule has 0 N–H and O–H groups in total. The molecule has 94 valence electrons. The van der Waals surface area contributed by atoms with E-state index in [-0.39, 0.29) is 10.9 Å². The molecule has 0 fully saturated rings. The van der Waals surface area contributed by atoms with E-state index in [4.69, 9.17) is 16.1 Å². The largest absolute Gasteiger partial charge is 0.334 e. The van der Waals surface area contributed by atoms with E-state index in [1.54, 1.807) is 18.5 Å². The van der Waals surface area contributed by atoms with E-state index in [9.17, 15) is 4.39 Å². The summed E-state index contributed by atoms with van der Waals surface area (Å²) in [5.74, 6) is 0.210. The highest BCUT2D eigenvalue weighted by Crippen LogP contribution is 2.25. The van der Waals surface area contributed by atoms with Crippen LogP contribution in [0.5, 0.6) is 0 Å². The van der Waals surface area contributed by atoms with E-state index in [2.05, 4.69) is 15.1 Å². The highest BCUT2D eigenvalue weighted by Gasteiger charge is 2.12. The van der Waals surface area contributed by atoms with Crippen molar-refractivity contribution in [2.75, 3.05) is 0 Å². The minimum absolute atomic E-state index is 0.0126. The fourth-order valence-electron chi connectivity index (χ4n) is 1.58. The average Bonchev–Trinajstić information content (AvgIpc) is 2.93. The molecule has 19 heavy (non-hydrogen) atoms. The number of pyridine rings is 1. The van der Waals surface area contributed by atoms with Crippen LogP contribution in [0.3, 0.4) is 0 Å². The van der Waals surface area contributed by atoms with Crippen molar-refractivity contribution in [3.8, 4) is 22.8 Å². The third-order valence-corrected chi connectivity index (χ3v) is 2.80. The zero-order valence-corrected chi connectivity index (χ0v) is 10.3. The Balaban J connectivity index is 1.99. The van der Waals surface area contributed by atoms with Gasteiger partial charge in [0.2, 0.25) is 5.82 Å². The van der Waals surface area contributed by atoms with Gasteiger partial charge in [-0.1, -0.05) is 16.8 Å². The van der Waals surface area contributed by atoms with Crippen LogP contribution in [0, 0.1) is 5.82 Å². The smallest absolute Gasteiger partial charge is 0.258 e. The zero-order chi connectivity index (χ0) is 13.2. The molecule has 0 aliphatic carbocycles. The molecular weight excluding hydrogens is 269 g/mol. The van der Waals surface area contributed by atoms with Crippen LogP contribution in [-0.4, -0.2) is 15.1 Å². The van der Waals surface area contributed by atoms with Gasteiger partial charge in [0.15, 0.2) is 0 Å². The highest BCUT2D eigenvalue weighted by atomic mass is 35.5. The van der Waals surface area contributed by atoms with Gasteiger partial charge in [-0.25, -0.2) is 4.39 Å². The third-order valence-electron chi connectivity index (χ3n) is 2.51. The normalized spacial score (nSPS) is 10.6. The average molecular weight is 276 g/mol. The van der Waals surface area contributed by atoms with Crippen molar-refractivity contribution >= 4 is 11.6 Å². The van der Waals surface area contributed by atoms with Crippen LogP contribution in [0.1, 0.15) is 0 Å². The van der Waals surface area contributed by atoms with Crippen molar-refractivity contribution in [2.24, 2.45) is 0 Å². The lowest BCUT2D eigenvalue weighted by atomic mass is 10.2. The topological polar surface area (TPSA) is 51.8 Å². The van der Waals surface area contributed by atoms with Crippen LogP contribution in [0.4, 0.5) is 4.39 Å². The molecule has 0 unspecified atom stereocenters. The number of aromatic nitrogens is 3. The first kappa shape index (κ1) is 11.8. The van der Waals surface area contributed by atoms with E-state index in [1.807, 2.05) is 6.07 Å². The zero-order valence-electron chi connectivity index (χ0n) is 9.55. The van der Waals surface area contributed by atoms with Crippen molar-refractivity contribution in [2.45, 2.75) is 0 Å². The van der Waals surface area contributed by atoms with Crippen LogP contribution >= 0.6 is 11.6 Å². The summed E-state index contributed by atoms with van der Waals surface area (Å²) in [5, 5.41) is 3.86. The van der Waals surface area contributed by atoms with Crippen LogP contribution in [0.2, 0.25) is 5.02 Å². The molecule has 0 aliphatic heterocycles. The second-order valence-corrected chi connectivity index (χ2v) is 4.20. The number of halogens is 2. The van der Waals surface area contributed by atoms with Crippen molar-refractivity contribution in [3.05, 3.63) is 53.6 Å². The summed E-state index contributed by atoms with van der Waals surface area (Å²) in [6, 6.07) is 7.82. The van der Waals surface area contributed by atoms with E-state index in [0.29, 0.717) is 11.4 Å². The van der Waals surface area contributed by atoms with E-state index in [1.165, 1.54) is 18.2 Å². The van der Waals surface area contributed by atoms with Gasteiger partial charge < -0.3 is 4.52 Å². The van der Waals surface area contributed by atoms with Crippen LogP contribution in [0.15, 0.2) is 47.2 Å². The number of nitrogens with zero attached hydrogens (tertiary/aromatic N) is 3. The second kappa shape index (κ2) is 4.78. The maximum absolute atomic E-state index is 13.1. The van der Waals surface area contributed by atoms with Gasteiger partial charge in [-0.15, -0.1) is 0 Å². The first-order valence-electron chi connectivity index (χ1n) is 5.43. The molecule has 4 nitrogen and oxygen atoms in total. The number of hydrogen-bond acceptors (Lipinski definition) is 4. The molecule has 1 aromatic carbocycles. The Labute approximate surface area is 112 Å². The molecule has 0 bridgehead atoms. The molecular formula is C13H7ClFN3O. The molecule has 0 saturated carbocycles. The van der Waals surface area contributed by atoms with Crippen molar-refractivity contribution in [1.29, 1.82) is 0 Å². The first-order valence-corrected chi connectivity index (χ1v) is 5.81. The molecule has 0 spiro atoms. The number of rotatable bonds is 2. The molecule has 0 aliphatic rings. The monoisotopic (exact) mass is 275 g/mol. The Kier molecular flexibility index (Phi) is 2.97. The summed E-state index contributed by atoms with van der Waals surface area (Å²) in [6.45, 7) is 0. The third kappa shape index (κ3) is 2.32. The predicted molar refractivity (Wildman–Crippen MR) is 67.9 cm³/mol. The summed E-state index contributed by atoms with van der Waals surface area (Å²) in [6.07, 6.45) is 3.29. The lowest BCUT2D eigenvalue weighted by Gasteiger charge is -1.96. The van der Waals surface area contributed by atoms with Crippen molar-refractivity contribution < 1.29 is 8.91 Å². The molecule has 0 radical (unpaired) electrons. The minimum atomic E-state index is -0.489. The number of benzene rings is 1. The molecule has 0 saturated heterocycles. The molecule has 3 rings (SSSR count). The maximum atomic E-state index is 13.1. The summed E-state index contributed by atoms with van der Waals surface area (Å²) in [7, 11) is 0. The van der Waals surface area contributed by atoms with Gasteiger partial charge in [0, 0.05) is 23.5 Å². The Morgan fingerprint density at radius 2 is 2.05 bits per heavy atom. The fourth-order valence-corrected chi connectivity index (χ4v) is 1.76. The standard InChI is InChI=1S/C13H7ClFN3O/c14-10-6-8(3-4-11(10)15)13-17-12(18-19-13)9-2-1-5-16-7-9/h1-7H. The van der Waals surface area contributed by atoms with E-state index < -0.39 is 5.82 Å². The van der Waals surface area contributed by atoms with E-state index >= 15 is 0 Å². The van der Waals surface area contributed by atoms with Gasteiger partial charge in [-0.3, -0.25) is 4.98 Å². The van der Waals surface area contributed by atoms with Gasteiger partial charge >= 0.3 is 0 Å². The molecule has 0 amide bonds. The summed E-state index contributed by atoms with van der Waals surface area (Å²) in [5.41, 5.74) is 1.31. The first-order chi connectivity index (χ1) is 9.24. The van der Waals surface area contributed by atoms with Crippen LogP contribution in [-0.2, 0) is 0 Å². The molecule has 3 aromatic rings. The maximum Gasteiger partial charge on any atom is 0.258 e. The van der Waals surface area contributed by atoms with Gasteiger partial charge in [-0.05, 0) is 30.3 Å². The van der Waals surface area contributed by atoms with Crippen LogP contribution in [0.25, 0.3) is 22.8 Å². The van der Waals surface area contributed by atoms with Gasteiger partial charge in [-0.2, -0.15) is 4.98 Å². The van der Waals surface area contributed by atoms with E-state index in [0.717, 1.165) is 5.56 Å². The predicted octanol–water partition coefficient (Wildman–Crippen LogP) is 3.59. The Hall–Kier alpha value is -2.27. The van der Waals surface area contributed by atoms with Gasteiger partial charge in [0.05, 0.1) is 5.02 Å². The molecule has 6 heteroatoms. The summed E-state index contributed by atoms with van der Waals surface area (Å²) < 4.78 is 18.2. The Morgan fingerprint density at radius 1 is 1.16 bits per heavy atom. The van der Waals surface area contributed by atoms with Crippen LogP contribution < -0.4 is 0 Å². The lowest BCUT2D eigenvalue weighted by Crippen LogP contribution is -1.83. The summed E-state index contributed by atoms with van der Waals surface area (Å²) in [4.78, 5) is 8.20. The van der Waals surface area contributed by atoms with Crippen molar-refractivity contribution in [3.63, 3.8) is 0 Å². The minimum Gasteiger partial charge on any atom is -0.334 e. The quantitative estimate of drug-likeness (QED) is 0.717. The molecule has 2 heterocycles. The van der Waals surface area contributed by atoms with Gasteiger partial charge in [0.1, 0.15) is 5.82 Å². The summed E-state index contributed by atoms with van der Waals surface area (Å²) >= 11 is 5.71. The SMILES string of the molecule is Fc1ccc(-c2nc(-c3cccnc3)no2)cc1Cl. The second-order valence-electron chi connectivity index (χ2n) is 3.79. The van der Waals surface area contributed by atoms with Gasteiger partial charge in [0.25, 0.3) is 5.89 Å². The lowest BCUT2D eigenvalue weighted by molar-refractivity contribution is 0.432. The fraction of sp³-hybridized carbons (Fsp3) is 0.